The van der Waals surface area contributed by atoms with Gasteiger partial charge in [-0.05, 0) is 71.6 Å². The largest absolute Gasteiger partial charge is 0.508 e. The van der Waals surface area contributed by atoms with Crippen molar-refractivity contribution in [3.8, 4) is 17.2 Å². The normalized spacial score (nSPS) is 10.5. The number of phenols is 1. The van der Waals surface area contributed by atoms with Crippen LogP contribution < -0.4 is 9.62 Å². The van der Waals surface area contributed by atoms with Crippen molar-refractivity contribution in [2.24, 2.45) is 0 Å². The number of benzene rings is 4. The number of carboxylic acid groups (broad SMARTS) is 2. The lowest BCUT2D eigenvalue weighted by molar-refractivity contribution is -0.217. The molecule has 0 radical (unpaired) electrons. The highest BCUT2D eigenvalue weighted by Crippen LogP contribution is 2.22. The fourth-order valence-electron chi connectivity index (χ4n) is 3.64. The summed E-state index contributed by atoms with van der Waals surface area (Å²) in [5.74, 6) is -2.80. The molecule has 0 bridgehead atoms. The average molecular weight is 514 g/mol. The summed E-state index contributed by atoms with van der Waals surface area (Å²) in [6.45, 7) is -0.0223. The molecule has 0 aliphatic heterocycles. The van der Waals surface area contributed by atoms with E-state index in [1.54, 1.807) is 54.6 Å². The number of phenolic OH excluding ortho intramolecular Hbond substituents is 1. The van der Waals surface area contributed by atoms with Crippen molar-refractivity contribution in [2.45, 2.75) is 13.0 Å². The first-order valence-corrected chi connectivity index (χ1v) is 11.4. The predicted octanol–water partition coefficient (Wildman–Crippen LogP) is 5.11. The summed E-state index contributed by atoms with van der Waals surface area (Å²) in [7, 11) is 0. The SMILES string of the molecule is O=C(O)c1ccccc1COOc1ccc(Cc2ccc(OC(=O)c3ccc(O)cc3C(=O)O)cc2)cc1. The molecule has 0 amide bonds. The molecule has 0 saturated carbocycles. The second-order valence-corrected chi connectivity index (χ2v) is 8.20. The number of aromatic carboxylic acids is 2. The molecule has 192 valence electrons. The molecule has 0 saturated heterocycles. The first kappa shape index (κ1) is 25.9. The van der Waals surface area contributed by atoms with Crippen LogP contribution in [0.15, 0.2) is 91.0 Å². The molecular formula is C29H22O9. The molecule has 0 spiro atoms. The minimum atomic E-state index is -1.35. The number of carbonyl (C=O) groups excluding carboxylic acids is 1. The Morgan fingerprint density at radius 2 is 1.26 bits per heavy atom. The number of ether oxygens (including phenoxy) is 1. The number of carbonyl (C=O) groups is 3. The third kappa shape index (κ3) is 6.54. The van der Waals surface area contributed by atoms with Crippen LogP contribution in [0.3, 0.4) is 0 Å². The molecule has 0 fully saturated rings. The van der Waals surface area contributed by atoms with Crippen LogP contribution >= 0.6 is 0 Å². The summed E-state index contributed by atoms with van der Waals surface area (Å²) in [6.07, 6.45) is 0.586. The molecule has 0 heterocycles. The summed E-state index contributed by atoms with van der Waals surface area (Å²) < 4.78 is 5.30. The first-order chi connectivity index (χ1) is 18.3. The number of rotatable bonds is 10. The van der Waals surface area contributed by atoms with Gasteiger partial charge in [0.15, 0.2) is 5.75 Å². The number of carboxylic acids is 2. The smallest absolute Gasteiger partial charge is 0.344 e. The van der Waals surface area contributed by atoms with E-state index in [9.17, 15) is 29.7 Å². The van der Waals surface area contributed by atoms with Gasteiger partial charge in [-0.15, -0.1) is 0 Å². The minimum absolute atomic E-state index is 0.0223. The predicted molar refractivity (Wildman–Crippen MR) is 135 cm³/mol. The highest BCUT2D eigenvalue weighted by Gasteiger charge is 2.19. The summed E-state index contributed by atoms with van der Waals surface area (Å²) in [5.41, 5.74) is 2.05. The van der Waals surface area contributed by atoms with Gasteiger partial charge in [-0.2, -0.15) is 4.89 Å². The topological polar surface area (TPSA) is 140 Å². The Labute approximate surface area is 217 Å². The van der Waals surface area contributed by atoms with Crippen LogP contribution in [-0.4, -0.2) is 33.2 Å². The fourth-order valence-corrected chi connectivity index (χ4v) is 3.64. The molecule has 0 aliphatic rings. The lowest BCUT2D eigenvalue weighted by Crippen LogP contribution is -2.14. The van der Waals surface area contributed by atoms with Crippen molar-refractivity contribution in [3.05, 3.63) is 124 Å². The lowest BCUT2D eigenvalue weighted by Gasteiger charge is -2.09. The van der Waals surface area contributed by atoms with E-state index in [1.807, 2.05) is 12.1 Å². The van der Waals surface area contributed by atoms with Gasteiger partial charge in [0, 0.05) is 0 Å². The first-order valence-electron chi connectivity index (χ1n) is 11.4. The maximum Gasteiger partial charge on any atom is 0.344 e. The molecule has 0 aromatic heterocycles. The van der Waals surface area contributed by atoms with Crippen molar-refractivity contribution >= 4 is 17.9 Å². The second kappa shape index (κ2) is 11.7. The van der Waals surface area contributed by atoms with Gasteiger partial charge < -0.3 is 24.9 Å². The summed E-state index contributed by atoms with van der Waals surface area (Å²) in [4.78, 5) is 45.6. The minimum Gasteiger partial charge on any atom is -0.508 e. The highest BCUT2D eigenvalue weighted by atomic mass is 17.2. The van der Waals surface area contributed by atoms with Gasteiger partial charge in [0.25, 0.3) is 0 Å². The van der Waals surface area contributed by atoms with Gasteiger partial charge in [0.05, 0.1) is 16.7 Å². The lowest BCUT2D eigenvalue weighted by atomic mass is 10.0. The zero-order valence-corrected chi connectivity index (χ0v) is 19.9. The Kier molecular flexibility index (Phi) is 8.00. The van der Waals surface area contributed by atoms with Crippen molar-refractivity contribution in [2.75, 3.05) is 0 Å². The second-order valence-electron chi connectivity index (χ2n) is 8.20. The third-order valence-electron chi connectivity index (χ3n) is 5.54. The van der Waals surface area contributed by atoms with Crippen LogP contribution in [0.5, 0.6) is 17.2 Å². The maximum atomic E-state index is 12.4. The monoisotopic (exact) mass is 514 g/mol. The fraction of sp³-hybridized carbons (Fsp3) is 0.0690. The van der Waals surface area contributed by atoms with E-state index in [4.69, 9.17) is 14.5 Å². The zero-order valence-electron chi connectivity index (χ0n) is 19.9. The van der Waals surface area contributed by atoms with Crippen molar-refractivity contribution in [1.29, 1.82) is 0 Å². The van der Waals surface area contributed by atoms with Crippen LogP contribution in [-0.2, 0) is 17.9 Å². The summed E-state index contributed by atoms with van der Waals surface area (Å²) in [6, 6.07) is 23.9. The standard InChI is InChI=1S/C29H22O9/c30-21-9-14-25(26(16-21)28(33)34)29(35)37-22-10-5-18(6-11-22)15-19-7-12-23(13-8-19)38-36-17-20-3-1-2-4-24(20)27(31)32/h1-14,16,30H,15,17H2,(H,31,32)(H,33,34). The average Bonchev–Trinajstić information content (AvgIpc) is 2.91. The Bertz CT molecular complexity index is 1460. The molecule has 9 heteroatoms. The molecule has 9 nitrogen and oxygen atoms in total. The molecule has 0 aliphatic carbocycles. The van der Waals surface area contributed by atoms with E-state index in [0.717, 1.165) is 17.2 Å². The van der Waals surface area contributed by atoms with Gasteiger partial charge in [-0.1, -0.05) is 42.5 Å². The Morgan fingerprint density at radius 3 is 1.89 bits per heavy atom. The van der Waals surface area contributed by atoms with Crippen LogP contribution in [0.1, 0.15) is 47.8 Å². The Morgan fingerprint density at radius 1 is 0.658 bits per heavy atom. The molecule has 0 unspecified atom stereocenters. The Hall–Kier alpha value is -5.15. The van der Waals surface area contributed by atoms with E-state index < -0.39 is 17.9 Å². The zero-order chi connectivity index (χ0) is 27.1. The maximum absolute atomic E-state index is 12.4. The summed E-state index contributed by atoms with van der Waals surface area (Å²) >= 11 is 0. The van der Waals surface area contributed by atoms with Crippen LogP contribution in [0.2, 0.25) is 0 Å². The molecule has 38 heavy (non-hydrogen) atoms. The number of hydrogen-bond acceptors (Lipinski definition) is 7. The van der Waals surface area contributed by atoms with Crippen LogP contribution in [0.4, 0.5) is 0 Å². The van der Waals surface area contributed by atoms with Gasteiger partial charge in [-0.25, -0.2) is 14.4 Å². The van der Waals surface area contributed by atoms with E-state index in [1.165, 1.54) is 18.2 Å². The molecule has 4 aromatic carbocycles. The summed E-state index contributed by atoms with van der Waals surface area (Å²) in [5, 5.41) is 28.0. The van der Waals surface area contributed by atoms with E-state index >= 15 is 0 Å². The van der Waals surface area contributed by atoms with Crippen molar-refractivity contribution < 1.29 is 44.2 Å². The number of esters is 1. The molecule has 3 N–H and O–H groups in total. The van der Waals surface area contributed by atoms with E-state index in [0.29, 0.717) is 17.7 Å². The molecule has 0 atom stereocenters. The third-order valence-corrected chi connectivity index (χ3v) is 5.54. The van der Waals surface area contributed by atoms with Gasteiger partial charge >= 0.3 is 17.9 Å². The van der Waals surface area contributed by atoms with Crippen molar-refractivity contribution in [3.63, 3.8) is 0 Å². The highest BCUT2D eigenvalue weighted by molar-refractivity contribution is 6.03. The van der Waals surface area contributed by atoms with E-state index in [2.05, 4.69) is 0 Å². The van der Waals surface area contributed by atoms with Crippen molar-refractivity contribution in [1.82, 2.24) is 0 Å². The molecule has 4 rings (SSSR count). The Balaban J connectivity index is 1.31. The number of hydrogen-bond donors (Lipinski definition) is 3. The van der Waals surface area contributed by atoms with Gasteiger partial charge in [0.1, 0.15) is 18.1 Å². The molecular weight excluding hydrogens is 492 g/mol. The van der Waals surface area contributed by atoms with E-state index in [-0.39, 0.29) is 34.8 Å². The van der Waals surface area contributed by atoms with Gasteiger partial charge in [-0.3, -0.25) is 0 Å². The molecule has 4 aromatic rings. The quantitative estimate of drug-likeness (QED) is 0.114. The van der Waals surface area contributed by atoms with Crippen LogP contribution in [0.25, 0.3) is 0 Å². The number of aromatic hydroxyl groups is 1. The van der Waals surface area contributed by atoms with Crippen LogP contribution in [0, 0.1) is 0 Å². The van der Waals surface area contributed by atoms with Gasteiger partial charge in [0.2, 0.25) is 0 Å².